The maximum Gasteiger partial charge on any atom is 0.303 e. The lowest BCUT2D eigenvalue weighted by molar-refractivity contribution is -0.140. The van der Waals surface area contributed by atoms with Crippen molar-refractivity contribution in [2.45, 2.75) is 71.3 Å². The summed E-state index contributed by atoms with van der Waals surface area (Å²) >= 11 is 0. The summed E-state index contributed by atoms with van der Waals surface area (Å²) < 4.78 is 0. The molecule has 4 aliphatic carbocycles. The van der Waals surface area contributed by atoms with Crippen LogP contribution >= 0.6 is 0 Å². The second-order valence-electron chi connectivity index (χ2n) is 9.53. The monoisotopic (exact) mass is 346 g/mol. The number of aliphatic carboxylic acids is 1. The van der Waals surface area contributed by atoms with Gasteiger partial charge in [-0.1, -0.05) is 19.4 Å². The molecule has 0 amide bonds. The smallest absolute Gasteiger partial charge is 0.303 e. The molecular formula is C21H30O4. The molecule has 7 atom stereocenters. The number of aliphatic hydroxyl groups is 1. The first-order chi connectivity index (χ1) is 11.8. The van der Waals surface area contributed by atoms with Crippen LogP contribution < -0.4 is 0 Å². The Balaban J connectivity index is 1.74. The summed E-state index contributed by atoms with van der Waals surface area (Å²) in [7, 11) is 0. The molecule has 25 heavy (non-hydrogen) atoms. The van der Waals surface area contributed by atoms with E-state index in [2.05, 4.69) is 13.8 Å². The highest BCUT2D eigenvalue weighted by molar-refractivity contribution is 5.92. The van der Waals surface area contributed by atoms with Crippen molar-refractivity contribution in [3.05, 3.63) is 11.6 Å². The molecular weight excluding hydrogens is 316 g/mol. The molecule has 4 rings (SSSR count). The number of hydrogen-bond acceptors (Lipinski definition) is 3. The molecule has 0 saturated heterocycles. The minimum Gasteiger partial charge on any atom is -0.481 e. The number of aliphatic hydroxyl groups excluding tert-OH is 1. The zero-order valence-corrected chi connectivity index (χ0v) is 15.3. The van der Waals surface area contributed by atoms with Gasteiger partial charge in [-0.2, -0.15) is 0 Å². The van der Waals surface area contributed by atoms with Gasteiger partial charge in [-0.15, -0.1) is 0 Å². The molecule has 0 spiro atoms. The summed E-state index contributed by atoms with van der Waals surface area (Å²) in [4.78, 5) is 23.5. The Hall–Kier alpha value is -1.16. The van der Waals surface area contributed by atoms with Crippen molar-refractivity contribution in [2.24, 2.45) is 34.5 Å². The Kier molecular flexibility index (Phi) is 3.91. The number of fused-ring (bicyclic) bond motifs is 5. The van der Waals surface area contributed by atoms with Crippen LogP contribution in [0, 0.1) is 34.5 Å². The summed E-state index contributed by atoms with van der Waals surface area (Å²) in [5.74, 6) is 0.880. The summed E-state index contributed by atoms with van der Waals surface area (Å²) in [6, 6.07) is 0. The van der Waals surface area contributed by atoms with E-state index < -0.39 is 5.97 Å². The van der Waals surface area contributed by atoms with Crippen LogP contribution in [0.15, 0.2) is 11.6 Å². The maximum atomic E-state index is 12.1. The van der Waals surface area contributed by atoms with Crippen LogP contribution in [0.4, 0.5) is 0 Å². The molecule has 4 aliphatic rings. The van der Waals surface area contributed by atoms with Gasteiger partial charge in [0.2, 0.25) is 0 Å². The van der Waals surface area contributed by atoms with E-state index in [9.17, 15) is 19.8 Å². The van der Waals surface area contributed by atoms with Gasteiger partial charge in [-0.3, -0.25) is 9.59 Å². The van der Waals surface area contributed by atoms with Gasteiger partial charge in [0.1, 0.15) is 0 Å². The number of hydrogen-bond donors (Lipinski definition) is 2. The minimum absolute atomic E-state index is 0.00297. The number of carbonyl (C=O) groups excluding carboxylic acids is 1. The molecule has 0 unspecified atom stereocenters. The van der Waals surface area contributed by atoms with Crippen LogP contribution in [0.1, 0.15) is 65.2 Å². The van der Waals surface area contributed by atoms with Gasteiger partial charge >= 0.3 is 5.97 Å². The van der Waals surface area contributed by atoms with E-state index in [1.54, 1.807) is 6.08 Å². The normalized spacial score (nSPS) is 49.0. The molecule has 3 saturated carbocycles. The third-order valence-electron chi connectivity index (χ3n) is 8.49. The van der Waals surface area contributed by atoms with Gasteiger partial charge < -0.3 is 10.2 Å². The second kappa shape index (κ2) is 5.67. The lowest BCUT2D eigenvalue weighted by atomic mass is 9.45. The first-order valence-electron chi connectivity index (χ1n) is 9.90. The number of carboxylic acids is 1. The molecule has 0 aromatic rings. The third kappa shape index (κ3) is 2.43. The topological polar surface area (TPSA) is 74.6 Å². The molecule has 2 N–H and O–H groups in total. The molecule has 0 bridgehead atoms. The summed E-state index contributed by atoms with van der Waals surface area (Å²) in [6.45, 7) is 4.53. The lowest BCUT2D eigenvalue weighted by Gasteiger charge is -2.59. The fourth-order valence-corrected chi connectivity index (χ4v) is 7.16. The second-order valence-corrected chi connectivity index (χ2v) is 9.53. The predicted octanol–water partition coefficient (Wildman–Crippen LogP) is 3.58. The maximum absolute atomic E-state index is 12.1. The molecule has 138 valence electrons. The lowest BCUT2D eigenvalue weighted by Crippen LogP contribution is -2.53. The van der Waals surface area contributed by atoms with Crippen molar-refractivity contribution in [3.8, 4) is 0 Å². The molecule has 0 aliphatic heterocycles. The molecule has 4 nitrogen and oxygen atoms in total. The highest BCUT2D eigenvalue weighted by atomic mass is 16.4. The number of carboxylic acid groups (broad SMARTS) is 1. The van der Waals surface area contributed by atoms with Crippen molar-refractivity contribution in [2.75, 3.05) is 0 Å². The van der Waals surface area contributed by atoms with Crippen LogP contribution in [-0.4, -0.2) is 28.1 Å². The van der Waals surface area contributed by atoms with Crippen LogP contribution in [-0.2, 0) is 9.59 Å². The van der Waals surface area contributed by atoms with Crippen molar-refractivity contribution < 1.29 is 19.8 Å². The van der Waals surface area contributed by atoms with E-state index in [0.717, 1.165) is 44.1 Å². The Morgan fingerprint density at radius 3 is 2.68 bits per heavy atom. The van der Waals surface area contributed by atoms with E-state index in [4.69, 9.17) is 0 Å². The highest BCUT2D eigenvalue weighted by Crippen LogP contribution is 2.66. The molecule has 0 heterocycles. The summed E-state index contributed by atoms with van der Waals surface area (Å²) in [6.07, 6.45) is 8.13. The SMILES string of the molecule is C[C@]12CC[C@H]3[C@@H](C[C@@H](CC(=O)O)C4=CC(=O)CC[C@@]43C)[C@@H]1CC[C@@H]2O. The van der Waals surface area contributed by atoms with E-state index in [0.29, 0.717) is 24.2 Å². The Labute approximate surface area is 149 Å². The van der Waals surface area contributed by atoms with Gasteiger partial charge in [0, 0.05) is 6.42 Å². The molecule has 0 radical (unpaired) electrons. The Morgan fingerprint density at radius 1 is 1.20 bits per heavy atom. The van der Waals surface area contributed by atoms with Gasteiger partial charge in [0.05, 0.1) is 12.5 Å². The Bertz CT molecular complexity index is 638. The fourth-order valence-electron chi connectivity index (χ4n) is 7.16. The van der Waals surface area contributed by atoms with Crippen molar-refractivity contribution in [3.63, 3.8) is 0 Å². The molecule has 3 fully saturated rings. The van der Waals surface area contributed by atoms with Gasteiger partial charge in [-0.25, -0.2) is 0 Å². The number of carbonyl (C=O) groups is 2. The first kappa shape index (κ1) is 17.3. The first-order valence-corrected chi connectivity index (χ1v) is 9.90. The van der Waals surface area contributed by atoms with Gasteiger partial charge in [-0.05, 0) is 79.1 Å². The fraction of sp³-hybridized carbons (Fsp3) is 0.810. The van der Waals surface area contributed by atoms with E-state index in [1.807, 2.05) is 0 Å². The summed E-state index contributed by atoms with van der Waals surface area (Å²) in [5, 5.41) is 20.0. The standard InChI is InChI=1S/C21H30O4/c1-20-7-5-13(22)11-17(20)12(10-19(24)25)9-14-15-3-4-18(23)21(15,2)8-6-16(14)20/h11-12,14-16,18,23H,3-10H2,1-2H3,(H,24,25)/t12-,14-,15-,16-,18-,20+,21-/m0/s1. The van der Waals surface area contributed by atoms with Gasteiger partial charge in [0.15, 0.2) is 5.78 Å². The number of rotatable bonds is 2. The summed E-state index contributed by atoms with van der Waals surface area (Å²) in [5.41, 5.74) is 1.08. The quantitative estimate of drug-likeness (QED) is 0.801. The largest absolute Gasteiger partial charge is 0.481 e. The number of ketones is 1. The molecule has 0 aromatic carbocycles. The van der Waals surface area contributed by atoms with Crippen LogP contribution in [0.5, 0.6) is 0 Å². The number of allylic oxidation sites excluding steroid dienone is 1. The highest BCUT2D eigenvalue weighted by Gasteiger charge is 2.60. The average molecular weight is 346 g/mol. The van der Waals surface area contributed by atoms with Crippen molar-refractivity contribution >= 4 is 11.8 Å². The molecule has 4 heteroatoms. The zero-order chi connectivity index (χ0) is 18.0. The van der Waals surface area contributed by atoms with Crippen molar-refractivity contribution in [1.29, 1.82) is 0 Å². The Morgan fingerprint density at radius 2 is 1.96 bits per heavy atom. The van der Waals surface area contributed by atoms with Crippen LogP contribution in [0.2, 0.25) is 0 Å². The van der Waals surface area contributed by atoms with Gasteiger partial charge in [0.25, 0.3) is 0 Å². The average Bonchev–Trinajstić information content (AvgIpc) is 2.84. The predicted molar refractivity (Wildman–Crippen MR) is 93.8 cm³/mol. The van der Waals surface area contributed by atoms with E-state index in [-0.39, 0.29) is 35.1 Å². The van der Waals surface area contributed by atoms with E-state index >= 15 is 0 Å². The van der Waals surface area contributed by atoms with Crippen LogP contribution in [0.3, 0.4) is 0 Å². The molecule has 0 aromatic heterocycles. The zero-order valence-electron chi connectivity index (χ0n) is 15.3. The van der Waals surface area contributed by atoms with Crippen molar-refractivity contribution in [1.82, 2.24) is 0 Å². The van der Waals surface area contributed by atoms with Crippen LogP contribution in [0.25, 0.3) is 0 Å². The minimum atomic E-state index is -0.769. The van der Waals surface area contributed by atoms with E-state index in [1.165, 1.54) is 0 Å². The third-order valence-corrected chi connectivity index (χ3v) is 8.49.